The van der Waals surface area contributed by atoms with Crippen LogP contribution in [0, 0.1) is 6.92 Å². The Morgan fingerprint density at radius 3 is 2.56 bits per heavy atom. The summed E-state index contributed by atoms with van der Waals surface area (Å²) >= 11 is 5.98. The van der Waals surface area contributed by atoms with Gasteiger partial charge in [-0.05, 0) is 42.3 Å². The maximum Gasteiger partial charge on any atom is 0.166 e. The Labute approximate surface area is 99.5 Å². The Morgan fingerprint density at radius 2 is 2.00 bits per heavy atom. The smallest absolute Gasteiger partial charge is 0.166 e. The molecule has 2 aromatic rings. The summed E-state index contributed by atoms with van der Waals surface area (Å²) in [4.78, 5) is 10.8. The summed E-state index contributed by atoms with van der Waals surface area (Å²) in [6.07, 6.45) is 0.853. The molecule has 0 aliphatic heterocycles. The number of nitrogens with zero attached hydrogens (tertiary/aromatic N) is 1. The highest BCUT2D eigenvalue weighted by Gasteiger charge is 2.07. The van der Waals surface area contributed by atoms with Crippen LogP contribution in [0.3, 0.4) is 0 Å². The van der Waals surface area contributed by atoms with Crippen LogP contribution in [0.1, 0.15) is 16.1 Å². The van der Waals surface area contributed by atoms with E-state index in [2.05, 4.69) is 0 Å². The molecule has 2 nitrogen and oxygen atoms in total. The second-order valence-electron chi connectivity index (χ2n) is 3.78. The predicted molar refractivity (Wildman–Crippen MR) is 66.0 cm³/mol. The number of hydrogen-bond acceptors (Lipinski definition) is 1. The van der Waals surface area contributed by atoms with Gasteiger partial charge in [0, 0.05) is 17.8 Å². The summed E-state index contributed by atoms with van der Waals surface area (Å²) in [6, 6.07) is 9.60. The average Bonchev–Trinajstić information content (AvgIpc) is 2.64. The molecule has 0 saturated carbocycles. The van der Waals surface area contributed by atoms with Crippen LogP contribution in [0.2, 0.25) is 5.02 Å². The Balaban J connectivity index is 2.54. The highest BCUT2D eigenvalue weighted by molar-refractivity contribution is 6.31. The second kappa shape index (κ2) is 4.14. The molecule has 0 radical (unpaired) electrons. The maximum atomic E-state index is 10.8. The molecule has 1 heterocycles. The first-order valence-electron chi connectivity index (χ1n) is 5.01. The third-order valence-electron chi connectivity index (χ3n) is 2.74. The quantitative estimate of drug-likeness (QED) is 0.728. The maximum absolute atomic E-state index is 10.8. The van der Waals surface area contributed by atoms with Crippen LogP contribution in [-0.2, 0) is 7.05 Å². The monoisotopic (exact) mass is 233 g/mol. The zero-order valence-corrected chi connectivity index (χ0v) is 9.95. The third kappa shape index (κ3) is 1.76. The van der Waals surface area contributed by atoms with E-state index in [-0.39, 0.29) is 0 Å². The Bertz CT molecular complexity index is 543. The van der Waals surface area contributed by atoms with Gasteiger partial charge in [-0.1, -0.05) is 17.7 Å². The summed E-state index contributed by atoms with van der Waals surface area (Å²) in [5.74, 6) is 0. The van der Waals surface area contributed by atoms with E-state index in [1.165, 1.54) is 0 Å². The number of aryl methyl sites for hydroxylation is 1. The molecule has 0 spiro atoms. The number of benzene rings is 1. The number of carbonyl (C=O) groups is 1. The van der Waals surface area contributed by atoms with Gasteiger partial charge in [-0.3, -0.25) is 4.79 Å². The molecule has 0 saturated heterocycles. The number of aromatic nitrogens is 1. The minimum Gasteiger partial charge on any atom is -0.341 e. The largest absolute Gasteiger partial charge is 0.341 e. The van der Waals surface area contributed by atoms with Crippen LogP contribution in [0.15, 0.2) is 30.3 Å². The van der Waals surface area contributed by atoms with E-state index in [1.54, 1.807) is 0 Å². The molecule has 0 unspecified atom stereocenters. The van der Waals surface area contributed by atoms with Gasteiger partial charge in [0.1, 0.15) is 0 Å². The van der Waals surface area contributed by atoms with Crippen molar-refractivity contribution >= 4 is 17.9 Å². The number of hydrogen-bond donors (Lipinski definition) is 0. The van der Waals surface area contributed by atoms with Crippen molar-refractivity contribution in [2.45, 2.75) is 6.92 Å². The zero-order chi connectivity index (χ0) is 11.7. The Morgan fingerprint density at radius 1 is 1.25 bits per heavy atom. The standard InChI is InChI=1S/C13H12ClNO/c1-9-7-10(3-5-12(9)14)13-6-4-11(8-16)15(13)2/h3-8H,1-2H3. The van der Waals surface area contributed by atoms with Gasteiger partial charge >= 0.3 is 0 Å². The Hall–Kier alpha value is -1.54. The Kier molecular flexibility index (Phi) is 2.84. The van der Waals surface area contributed by atoms with Gasteiger partial charge in [-0.25, -0.2) is 0 Å². The zero-order valence-electron chi connectivity index (χ0n) is 9.20. The molecule has 82 valence electrons. The fraction of sp³-hybridized carbons (Fsp3) is 0.154. The summed E-state index contributed by atoms with van der Waals surface area (Å²) in [7, 11) is 1.88. The minimum atomic E-state index is 0.669. The van der Waals surface area contributed by atoms with E-state index in [9.17, 15) is 4.79 Å². The minimum absolute atomic E-state index is 0.669. The lowest BCUT2D eigenvalue weighted by Crippen LogP contribution is -1.96. The van der Waals surface area contributed by atoms with Crippen LogP contribution in [0.25, 0.3) is 11.3 Å². The van der Waals surface area contributed by atoms with Gasteiger partial charge in [-0.15, -0.1) is 0 Å². The summed E-state index contributed by atoms with van der Waals surface area (Å²) < 4.78 is 1.87. The number of carbonyl (C=O) groups excluding carboxylic acids is 1. The fourth-order valence-corrected chi connectivity index (χ4v) is 1.86. The van der Waals surface area contributed by atoms with Crippen LogP contribution in [0.4, 0.5) is 0 Å². The van der Waals surface area contributed by atoms with Crippen molar-refractivity contribution in [2.24, 2.45) is 7.05 Å². The highest BCUT2D eigenvalue weighted by Crippen LogP contribution is 2.25. The first-order valence-corrected chi connectivity index (χ1v) is 5.38. The number of halogens is 1. The molecule has 1 aromatic heterocycles. The van der Waals surface area contributed by atoms with E-state index in [0.717, 1.165) is 28.1 Å². The molecule has 2 rings (SSSR count). The van der Waals surface area contributed by atoms with Crippen molar-refractivity contribution < 1.29 is 4.79 Å². The topological polar surface area (TPSA) is 22.0 Å². The van der Waals surface area contributed by atoms with Crippen molar-refractivity contribution in [1.29, 1.82) is 0 Å². The van der Waals surface area contributed by atoms with E-state index in [1.807, 2.05) is 48.9 Å². The molecular formula is C13H12ClNO. The van der Waals surface area contributed by atoms with Crippen molar-refractivity contribution in [3.8, 4) is 11.3 Å². The highest BCUT2D eigenvalue weighted by atomic mass is 35.5. The molecule has 0 bridgehead atoms. The van der Waals surface area contributed by atoms with Crippen LogP contribution < -0.4 is 0 Å². The predicted octanol–water partition coefficient (Wildman–Crippen LogP) is 3.47. The summed E-state index contributed by atoms with van der Waals surface area (Å²) in [6.45, 7) is 1.97. The van der Waals surface area contributed by atoms with Gasteiger partial charge < -0.3 is 4.57 Å². The van der Waals surface area contributed by atoms with Gasteiger partial charge in [-0.2, -0.15) is 0 Å². The summed E-state index contributed by atoms with van der Waals surface area (Å²) in [5, 5.41) is 0.758. The molecule has 0 N–H and O–H groups in total. The van der Waals surface area contributed by atoms with Crippen LogP contribution >= 0.6 is 11.6 Å². The van der Waals surface area contributed by atoms with E-state index >= 15 is 0 Å². The SMILES string of the molecule is Cc1cc(-c2ccc(C=O)n2C)ccc1Cl. The van der Waals surface area contributed by atoms with Crippen molar-refractivity contribution in [3.05, 3.63) is 46.6 Å². The molecule has 0 aliphatic carbocycles. The molecular weight excluding hydrogens is 222 g/mol. The first kappa shape index (κ1) is 11.0. The van der Waals surface area contributed by atoms with E-state index in [4.69, 9.17) is 11.6 Å². The van der Waals surface area contributed by atoms with Gasteiger partial charge in [0.15, 0.2) is 6.29 Å². The van der Waals surface area contributed by atoms with E-state index in [0.29, 0.717) is 5.69 Å². The molecule has 0 fully saturated rings. The molecule has 0 aliphatic rings. The van der Waals surface area contributed by atoms with Crippen LogP contribution in [-0.4, -0.2) is 10.9 Å². The van der Waals surface area contributed by atoms with Crippen molar-refractivity contribution in [1.82, 2.24) is 4.57 Å². The van der Waals surface area contributed by atoms with Crippen molar-refractivity contribution in [2.75, 3.05) is 0 Å². The van der Waals surface area contributed by atoms with Gasteiger partial charge in [0.2, 0.25) is 0 Å². The summed E-state index contributed by atoms with van der Waals surface area (Å²) in [5.41, 5.74) is 3.79. The molecule has 16 heavy (non-hydrogen) atoms. The second-order valence-corrected chi connectivity index (χ2v) is 4.19. The fourth-order valence-electron chi connectivity index (χ4n) is 1.74. The van der Waals surface area contributed by atoms with Crippen LogP contribution in [0.5, 0.6) is 0 Å². The lowest BCUT2D eigenvalue weighted by Gasteiger charge is -2.06. The molecule has 0 atom stereocenters. The first-order chi connectivity index (χ1) is 7.63. The van der Waals surface area contributed by atoms with Gasteiger partial charge in [0.25, 0.3) is 0 Å². The lowest BCUT2D eigenvalue weighted by molar-refractivity contribution is 0.111. The average molecular weight is 234 g/mol. The molecule has 0 amide bonds. The number of aldehydes is 1. The van der Waals surface area contributed by atoms with E-state index < -0.39 is 0 Å². The molecule has 3 heteroatoms. The van der Waals surface area contributed by atoms with Crippen molar-refractivity contribution in [3.63, 3.8) is 0 Å². The third-order valence-corrected chi connectivity index (χ3v) is 3.16. The lowest BCUT2D eigenvalue weighted by atomic mass is 10.1. The number of rotatable bonds is 2. The normalized spacial score (nSPS) is 10.4. The molecule has 1 aromatic carbocycles. The van der Waals surface area contributed by atoms with Gasteiger partial charge in [0.05, 0.1) is 5.69 Å².